The summed E-state index contributed by atoms with van der Waals surface area (Å²) in [4.78, 5) is 24.0. The van der Waals surface area contributed by atoms with Crippen molar-refractivity contribution in [3.05, 3.63) is 76.6 Å². The Morgan fingerprint density at radius 3 is 2.38 bits per heavy atom. The van der Waals surface area contributed by atoms with Crippen molar-refractivity contribution in [2.75, 3.05) is 20.3 Å². The van der Waals surface area contributed by atoms with Gasteiger partial charge in [0, 0.05) is 18.2 Å². The molecule has 3 aromatic rings. The van der Waals surface area contributed by atoms with Gasteiger partial charge < -0.3 is 14.8 Å². The van der Waals surface area contributed by atoms with Gasteiger partial charge >= 0.3 is 0 Å². The highest BCUT2D eigenvalue weighted by molar-refractivity contribution is 5.77. The van der Waals surface area contributed by atoms with Gasteiger partial charge in [-0.05, 0) is 49.4 Å². The first kappa shape index (κ1) is 20.1. The Kier molecular flexibility index (Phi) is 6.63. The van der Waals surface area contributed by atoms with Gasteiger partial charge in [0.2, 0.25) is 0 Å². The lowest BCUT2D eigenvalue weighted by atomic mass is 10.1. The van der Waals surface area contributed by atoms with Crippen molar-refractivity contribution < 1.29 is 14.3 Å². The summed E-state index contributed by atoms with van der Waals surface area (Å²) in [6.45, 7) is 2.43. The first-order chi connectivity index (χ1) is 14.0. The van der Waals surface area contributed by atoms with Crippen LogP contribution in [0.4, 0.5) is 0 Å². The van der Waals surface area contributed by atoms with E-state index in [0.29, 0.717) is 11.4 Å². The van der Waals surface area contributed by atoms with Crippen LogP contribution in [0.25, 0.3) is 11.3 Å². The van der Waals surface area contributed by atoms with Crippen LogP contribution in [-0.4, -0.2) is 35.9 Å². The smallest absolute Gasteiger partial charge is 0.266 e. The molecule has 29 heavy (non-hydrogen) atoms. The molecule has 0 aliphatic carbocycles. The predicted molar refractivity (Wildman–Crippen MR) is 110 cm³/mol. The first-order valence-corrected chi connectivity index (χ1v) is 9.24. The van der Waals surface area contributed by atoms with Crippen LogP contribution in [0.5, 0.6) is 11.5 Å². The Bertz CT molecular complexity index is 1010. The van der Waals surface area contributed by atoms with Crippen molar-refractivity contribution in [1.82, 2.24) is 15.1 Å². The number of aryl methyl sites for hydroxylation is 1. The van der Waals surface area contributed by atoms with Crippen molar-refractivity contribution >= 4 is 5.91 Å². The third-order valence-electron chi connectivity index (χ3n) is 4.29. The number of amides is 1. The number of hydrogen-bond acceptors (Lipinski definition) is 5. The zero-order chi connectivity index (χ0) is 20.6. The van der Waals surface area contributed by atoms with Gasteiger partial charge in [0.1, 0.15) is 11.5 Å². The molecule has 1 N–H and O–H groups in total. The van der Waals surface area contributed by atoms with Gasteiger partial charge in [-0.2, -0.15) is 5.10 Å². The molecule has 7 nitrogen and oxygen atoms in total. The predicted octanol–water partition coefficient (Wildman–Crippen LogP) is 2.42. The standard InChI is InChI=1S/C22H23N3O4/c1-16-3-7-19(8-4-16)29-15-21(26)23-13-14-25-22(27)12-11-20(24-25)17-5-9-18(28-2)10-6-17/h3-12H,13-15H2,1-2H3,(H,23,26). The second-order valence-electron chi connectivity index (χ2n) is 6.46. The lowest BCUT2D eigenvalue weighted by Gasteiger charge is -2.10. The highest BCUT2D eigenvalue weighted by atomic mass is 16.5. The molecular weight excluding hydrogens is 370 g/mol. The molecular formula is C22H23N3O4. The van der Waals surface area contributed by atoms with Crippen LogP contribution in [0.3, 0.4) is 0 Å². The van der Waals surface area contributed by atoms with Crippen LogP contribution in [0.2, 0.25) is 0 Å². The Morgan fingerprint density at radius 2 is 1.69 bits per heavy atom. The molecule has 0 unspecified atom stereocenters. The number of hydrogen-bond donors (Lipinski definition) is 1. The molecule has 7 heteroatoms. The van der Waals surface area contributed by atoms with E-state index in [4.69, 9.17) is 9.47 Å². The quantitative estimate of drug-likeness (QED) is 0.636. The summed E-state index contributed by atoms with van der Waals surface area (Å²) < 4.78 is 11.9. The maximum Gasteiger partial charge on any atom is 0.266 e. The fourth-order valence-corrected chi connectivity index (χ4v) is 2.66. The minimum absolute atomic E-state index is 0.0860. The third-order valence-corrected chi connectivity index (χ3v) is 4.29. The molecule has 1 amide bonds. The third kappa shape index (κ3) is 5.68. The molecule has 1 heterocycles. The number of benzene rings is 2. The van der Waals surface area contributed by atoms with Crippen LogP contribution in [0.1, 0.15) is 5.56 Å². The Hall–Kier alpha value is -3.61. The topological polar surface area (TPSA) is 82.5 Å². The molecule has 3 rings (SSSR count). The molecule has 0 saturated heterocycles. The van der Waals surface area contributed by atoms with Gasteiger partial charge in [-0.25, -0.2) is 4.68 Å². The van der Waals surface area contributed by atoms with E-state index in [9.17, 15) is 9.59 Å². The van der Waals surface area contributed by atoms with E-state index in [0.717, 1.165) is 16.9 Å². The van der Waals surface area contributed by atoms with Crippen LogP contribution in [-0.2, 0) is 11.3 Å². The normalized spacial score (nSPS) is 10.4. The molecule has 1 aromatic heterocycles. The van der Waals surface area contributed by atoms with Gasteiger partial charge in [0.15, 0.2) is 6.61 Å². The molecule has 0 saturated carbocycles. The number of carbonyl (C=O) groups excluding carboxylic acids is 1. The van der Waals surface area contributed by atoms with Crippen molar-refractivity contribution in [2.45, 2.75) is 13.5 Å². The van der Waals surface area contributed by atoms with E-state index in [1.807, 2.05) is 55.5 Å². The second kappa shape index (κ2) is 9.54. The Balaban J connectivity index is 1.53. The highest BCUT2D eigenvalue weighted by Crippen LogP contribution is 2.19. The van der Waals surface area contributed by atoms with Crippen molar-refractivity contribution in [2.24, 2.45) is 0 Å². The van der Waals surface area contributed by atoms with Crippen molar-refractivity contribution in [3.63, 3.8) is 0 Å². The van der Waals surface area contributed by atoms with E-state index in [1.165, 1.54) is 10.7 Å². The SMILES string of the molecule is COc1ccc(-c2ccc(=O)n(CCNC(=O)COc3ccc(C)cc3)n2)cc1. The number of aromatic nitrogens is 2. The van der Waals surface area contributed by atoms with Crippen molar-refractivity contribution in [1.29, 1.82) is 0 Å². The molecule has 2 aromatic carbocycles. The minimum Gasteiger partial charge on any atom is -0.497 e. The highest BCUT2D eigenvalue weighted by Gasteiger charge is 2.06. The maximum atomic E-state index is 12.1. The fraction of sp³-hybridized carbons (Fsp3) is 0.227. The summed E-state index contributed by atoms with van der Waals surface area (Å²) in [7, 11) is 1.60. The molecule has 0 atom stereocenters. The van der Waals surface area contributed by atoms with Gasteiger partial charge in [-0.1, -0.05) is 17.7 Å². The summed E-state index contributed by atoms with van der Waals surface area (Å²) in [6.07, 6.45) is 0. The minimum atomic E-state index is -0.259. The summed E-state index contributed by atoms with van der Waals surface area (Å²) in [5, 5.41) is 7.11. The molecule has 0 aliphatic heterocycles. The van der Waals surface area contributed by atoms with Gasteiger partial charge in [-0.3, -0.25) is 9.59 Å². The number of nitrogens with one attached hydrogen (secondary N) is 1. The number of ether oxygens (including phenoxy) is 2. The number of rotatable bonds is 8. The summed E-state index contributed by atoms with van der Waals surface area (Å²) in [5.41, 5.74) is 2.43. The summed E-state index contributed by atoms with van der Waals surface area (Å²) >= 11 is 0. The number of carbonyl (C=O) groups is 1. The van der Waals surface area contributed by atoms with Gasteiger partial charge in [-0.15, -0.1) is 0 Å². The molecule has 0 aliphatic rings. The van der Waals surface area contributed by atoms with E-state index >= 15 is 0 Å². The van der Waals surface area contributed by atoms with Crippen LogP contribution < -0.4 is 20.3 Å². The van der Waals surface area contributed by atoms with Crippen LogP contribution in [0.15, 0.2) is 65.5 Å². The number of methoxy groups -OCH3 is 1. The summed E-state index contributed by atoms with van der Waals surface area (Å²) in [6, 6.07) is 18.0. The summed E-state index contributed by atoms with van der Waals surface area (Å²) in [5.74, 6) is 1.12. The Morgan fingerprint density at radius 1 is 1.00 bits per heavy atom. The zero-order valence-electron chi connectivity index (χ0n) is 16.4. The second-order valence-corrected chi connectivity index (χ2v) is 6.46. The van der Waals surface area contributed by atoms with E-state index in [2.05, 4.69) is 10.4 Å². The maximum absolute atomic E-state index is 12.1. The van der Waals surface area contributed by atoms with E-state index in [1.54, 1.807) is 13.2 Å². The molecule has 0 bridgehead atoms. The average Bonchev–Trinajstić information content (AvgIpc) is 2.75. The zero-order valence-corrected chi connectivity index (χ0v) is 16.4. The molecule has 0 fully saturated rings. The lowest BCUT2D eigenvalue weighted by molar-refractivity contribution is -0.123. The van der Waals surface area contributed by atoms with Crippen LogP contribution in [0, 0.1) is 6.92 Å². The largest absolute Gasteiger partial charge is 0.497 e. The molecule has 0 radical (unpaired) electrons. The van der Waals surface area contributed by atoms with E-state index in [-0.39, 0.29) is 31.2 Å². The van der Waals surface area contributed by atoms with E-state index < -0.39 is 0 Å². The average molecular weight is 393 g/mol. The molecule has 150 valence electrons. The van der Waals surface area contributed by atoms with Gasteiger partial charge in [0.05, 0.1) is 19.3 Å². The fourth-order valence-electron chi connectivity index (χ4n) is 2.66. The monoisotopic (exact) mass is 393 g/mol. The van der Waals surface area contributed by atoms with Crippen LogP contribution >= 0.6 is 0 Å². The lowest BCUT2D eigenvalue weighted by Crippen LogP contribution is -2.34. The first-order valence-electron chi connectivity index (χ1n) is 9.24. The number of nitrogens with zero attached hydrogens (tertiary/aromatic N) is 2. The van der Waals surface area contributed by atoms with Crippen molar-refractivity contribution in [3.8, 4) is 22.8 Å². The molecule has 0 spiro atoms. The van der Waals surface area contributed by atoms with Gasteiger partial charge in [0.25, 0.3) is 11.5 Å². The Labute approximate surface area is 168 Å².